The number of hydrogen-bond acceptors (Lipinski definition) is 4. The predicted octanol–water partition coefficient (Wildman–Crippen LogP) is 3.49. The van der Waals surface area contributed by atoms with E-state index in [2.05, 4.69) is 6.07 Å². The third-order valence-corrected chi connectivity index (χ3v) is 3.03. The molecular formula is C18H15NO3. The zero-order chi connectivity index (χ0) is 15.8. The summed E-state index contributed by atoms with van der Waals surface area (Å²) in [6.07, 6.45) is 2.47. The van der Waals surface area contributed by atoms with Gasteiger partial charge in [0, 0.05) is 0 Å². The summed E-state index contributed by atoms with van der Waals surface area (Å²) >= 11 is 0. The Hall–Kier alpha value is -3.06. The van der Waals surface area contributed by atoms with Gasteiger partial charge in [-0.1, -0.05) is 24.3 Å². The molecular weight excluding hydrogens is 278 g/mol. The SMILES string of the molecule is COc1ccc(/C=C(\C#N)COc2ccccc2C=O)cc1. The minimum atomic E-state index is 0.105. The van der Waals surface area contributed by atoms with Gasteiger partial charge in [0.25, 0.3) is 0 Å². The van der Waals surface area contributed by atoms with Crippen molar-refractivity contribution in [2.24, 2.45) is 0 Å². The number of nitriles is 1. The van der Waals surface area contributed by atoms with Crippen molar-refractivity contribution >= 4 is 12.4 Å². The third-order valence-electron chi connectivity index (χ3n) is 3.03. The van der Waals surface area contributed by atoms with Crippen molar-refractivity contribution in [1.29, 1.82) is 5.26 Å². The Morgan fingerprint density at radius 2 is 1.91 bits per heavy atom. The zero-order valence-electron chi connectivity index (χ0n) is 12.2. The van der Waals surface area contributed by atoms with Crippen molar-refractivity contribution in [2.75, 3.05) is 13.7 Å². The lowest BCUT2D eigenvalue weighted by Crippen LogP contribution is -2.02. The van der Waals surface area contributed by atoms with Gasteiger partial charge >= 0.3 is 0 Å². The second kappa shape index (κ2) is 7.65. The topological polar surface area (TPSA) is 59.3 Å². The number of nitrogens with zero attached hydrogens (tertiary/aromatic N) is 1. The molecule has 0 saturated heterocycles. The molecule has 22 heavy (non-hydrogen) atoms. The first-order valence-electron chi connectivity index (χ1n) is 6.68. The molecule has 0 aliphatic rings. The Labute approximate surface area is 129 Å². The van der Waals surface area contributed by atoms with Crippen molar-refractivity contribution in [1.82, 2.24) is 0 Å². The first kappa shape index (κ1) is 15.3. The Morgan fingerprint density at radius 1 is 1.18 bits per heavy atom. The van der Waals surface area contributed by atoms with Gasteiger partial charge in [0.15, 0.2) is 6.29 Å². The fraction of sp³-hybridized carbons (Fsp3) is 0.111. The number of carbonyl (C=O) groups excluding carboxylic acids is 1. The largest absolute Gasteiger partial charge is 0.497 e. The van der Waals surface area contributed by atoms with Gasteiger partial charge in [0.2, 0.25) is 0 Å². The molecule has 0 saturated carbocycles. The van der Waals surface area contributed by atoms with Crippen LogP contribution in [0.25, 0.3) is 6.08 Å². The van der Waals surface area contributed by atoms with Crippen molar-refractivity contribution in [2.45, 2.75) is 0 Å². The molecule has 0 fully saturated rings. The number of ether oxygens (including phenoxy) is 2. The first-order chi connectivity index (χ1) is 10.8. The molecule has 4 nitrogen and oxygen atoms in total. The summed E-state index contributed by atoms with van der Waals surface area (Å²) in [5.41, 5.74) is 1.81. The maximum Gasteiger partial charge on any atom is 0.153 e. The highest BCUT2D eigenvalue weighted by atomic mass is 16.5. The smallest absolute Gasteiger partial charge is 0.153 e. The molecule has 0 N–H and O–H groups in total. The molecule has 0 amide bonds. The Morgan fingerprint density at radius 3 is 2.55 bits per heavy atom. The molecule has 0 radical (unpaired) electrons. The van der Waals surface area contributed by atoms with Crippen LogP contribution in [0.3, 0.4) is 0 Å². The molecule has 0 spiro atoms. The van der Waals surface area contributed by atoms with Crippen LogP contribution in [0.5, 0.6) is 11.5 Å². The molecule has 0 aromatic heterocycles. The highest BCUT2D eigenvalue weighted by Gasteiger charge is 2.04. The summed E-state index contributed by atoms with van der Waals surface area (Å²) in [6.45, 7) is 0.105. The van der Waals surface area contributed by atoms with Gasteiger partial charge < -0.3 is 9.47 Å². The predicted molar refractivity (Wildman–Crippen MR) is 83.9 cm³/mol. The summed E-state index contributed by atoms with van der Waals surface area (Å²) < 4.78 is 10.6. The molecule has 2 aromatic carbocycles. The lowest BCUT2D eigenvalue weighted by molar-refractivity contribution is 0.112. The van der Waals surface area contributed by atoms with Crippen molar-refractivity contribution in [3.8, 4) is 17.6 Å². The van der Waals surface area contributed by atoms with E-state index >= 15 is 0 Å². The summed E-state index contributed by atoms with van der Waals surface area (Å²) in [4.78, 5) is 10.9. The number of methoxy groups -OCH3 is 1. The van der Waals surface area contributed by atoms with Crippen molar-refractivity contribution in [3.63, 3.8) is 0 Å². The molecule has 0 atom stereocenters. The van der Waals surface area contributed by atoms with Crippen LogP contribution < -0.4 is 9.47 Å². The van der Waals surface area contributed by atoms with E-state index in [9.17, 15) is 10.1 Å². The summed E-state index contributed by atoms with van der Waals surface area (Å²) in [5, 5.41) is 9.20. The Balaban J connectivity index is 2.10. The monoisotopic (exact) mass is 293 g/mol. The van der Waals surface area contributed by atoms with Gasteiger partial charge in [0.1, 0.15) is 18.1 Å². The van der Waals surface area contributed by atoms with Gasteiger partial charge in [-0.2, -0.15) is 5.26 Å². The maximum absolute atomic E-state index is 10.9. The van der Waals surface area contributed by atoms with Crippen LogP contribution in [-0.2, 0) is 0 Å². The van der Waals surface area contributed by atoms with Crippen LogP contribution in [0.2, 0.25) is 0 Å². The van der Waals surface area contributed by atoms with Crippen LogP contribution in [0.4, 0.5) is 0 Å². The number of hydrogen-bond donors (Lipinski definition) is 0. The average Bonchev–Trinajstić information content (AvgIpc) is 2.59. The second-order valence-electron chi connectivity index (χ2n) is 4.50. The average molecular weight is 293 g/mol. The van der Waals surface area contributed by atoms with Crippen LogP contribution in [0, 0.1) is 11.3 Å². The van der Waals surface area contributed by atoms with Gasteiger partial charge in [-0.3, -0.25) is 4.79 Å². The summed E-state index contributed by atoms with van der Waals surface area (Å²) in [7, 11) is 1.60. The fourth-order valence-corrected chi connectivity index (χ4v) is 1.87. The van der Waals surface area contributed by atoms with Crippen molar-refractivity contribution in [3.05, 3.63) is 65.2 Å². The zero-order valence-corrected chi connectivity index (χ0v) is 12.2. The Bertz CT molecular complexity index is 712. The summed E-state index contributed by atoms with van der Waals surface area (Å²) in [6, 6.07) is 16.4. The highest BCUT2D eigenvalue weighted by Crippen LogP contribution is 2.18. The molecule has 0 unspecified atom stereocenters. The highest BCUT2D eigenvalue weighted by molar-refractivity contribution is 5.79. The minimum absolute atomic E-state index is 0.105. The van der Waals surface area contributed by atoms with Gasteiger partial charge in [0.05, 0.1) is 24.3 Å². The van der Waals surface area contributed by atoms with Crippen molar-refractivity contribution < 1.29 is 14.3 Å². The van der Waals surface area contributed by atoms with Crippen LogP contribution in [-0.4, -0.2) is 20.0 Å². The van der Waals surface area contributed by atoms with E-state index in [1.807, 2.05) is 24.3 Å². The molecule has 4 heteroatoms. The number of para-hydroxylation sites is 1. The molecule has 2 aromatic rings. The number of carbonyl (C=O) groups is 1. The van der Waals surface area contributed by atoms with Gasteiger partial charge in [-0.15, -0.1) is 0 Å². The minimum Gasteiger partial charge on any atom is -0.497 e. The van der Waals surface area contributed by atoms with E-state index in [0.29, 0.717) is 16.9 Å². The lowest BCUT2D eigenvalue weighted by atomic mass is 10.1. The fourth-order valence-electron chi connectivity index (χ4n) is 1.87. The molecule has 2 rings (SSSR count). The third kappa shape index (κ3) is 3.97. The number of benzene rings is 2. The van der Waals surface area contributed by atoms with Crippen LogP contribution in [0.1, 0.15) is 15.9 Å². The van der Waals surface area contributed by atoms with E-state index in [4.69, 9.17) is 9.47 Å². The lowest BCUT2D eigenvalue weighted by Gasteiger charge is -2.07. The van der Waals surface area contributed by atoms with Crippen LogP contribution >= 0.6 is 0 Å². The molecule has 0 aliphatic carbocycles. The number of aldehydes is 1. The Kier molecular flexibility index (Phi) is 5.33. The molecule has 110 valence electrons. The van der Waals surface area contributed by atoms with E-state index in [1.54, 1.807) is 37.5 Å². The molecule has 0 aliphatic heterocycles. The van der Waals surface area contributed by atoms with E-state index < -0.39 is 0 Å². The molecule has 0 heterocycles. The van der Waals surface area contributed by atoms with Crippen LogP contribution in [0.15, 0.2) is 54.1 Å². The number of rotatable bonds is 6. The molecule has 0 bridgehead atoms. The standard InChI is InChI=1S/C18H15NO3/c1-21-17-8-6-14(7-9-17)10-15(11-19)13-22-18-5-3-2-4-16(18)12-20/h2-10,12H,13H2,1H3/b15-10+. The second-order valence-corrected chi connectivity index (χ2v) is 4.50. The first-order valence-corrected chi connectivity index (χ1v) is 6.68. The van der Waals surface area contributed by atoms with E-state index in [1.165, 1.54) is 0 Å². The normalized spacial score (nSPS) is 10.6. The summed E-state index contributed by atoms with van der Waals surface area (Å²) in [5.74, 6) is 1.22. The van der Waals surface area contributed by atoms with E-state index in [-0.39, 0.29) is 6.61 Å². The quantitative estimate of drug-likeness (QED) is 0.604. The van der Waals surface area contributed by atoms with Gasteiger partial charge in [-0.25, -0.2) is 0 Å². The maximum atomic E-state index is 10.9. The van der Waals surface area contributed by atoms with Gasteiger partial charge in [-0.05, 0) is 35.9 Å². The van der Waals surface area contributed by atoms with E-state index in [0.717, 1.165) is 17.6 Å².